The predicted octanol–water partition coefficient (Wildman–Crippen LogP) is 32.2. The lowest BCUT2D eigenvalue weighted by Crippen LogP contribution is -1.98. The highest BCUT2D eigenvalue weighted by atomic mass is 15.1. The minimum absolute atomic E-state index is 0.598. The third-order valence-corrected chi connectivity index (χ3v) is 29.6. The lowest BCUT2D eigenvalue weighted by molar-refractivity contribution is 1.17. The van der Waals surface area contributed by atoms with Crippen molar-refractivity contribution in [3.8, 4) is 87.6 Å². The molecule has 15 heteroatoms. The lowest BCUT2D eigenvalue weighted by Gasteiger charge is -2.12. The molecule has 0 spiro atoms. The second-order valence-corrected chi connectivity index (χ2v) is 37.2. The molecule has 15 nitrogen and oxygen atoms in total. The van der Waals surface area contributed by atoms with Crippen molar-refractivity contribution < 1.29 is 0 Å². The van der Waals surface area contributed by atoms with Crippen LogP contribution >= 0.6 is 0 Å². The van der Waals surface area contributed by atoms with Crippen LogP contribution in [0.3, 0.4) is 0 Å². The highest BCUT2D eigenvalue weighted by Crippen LogP contribution is 2.52. The monoisotopic (exact) mass is 1870 g/mol. The van der Waals surface area contributed by atoms with Gasteiger partial charge >= 0.3 is 0 Å². The van der Waals surface area contributed by atoms with Gasteiger partial charge in [0.2, 0.25) is 0 Å². The molecular weight excluding hydrogens is 1800 g/mol. The zero-order valence-corrected chi connectivity index (χ0v) is 78.5. The third kappa shape index (κ3) is 12.5. The Morgan fingerprint density at radius 1 is 0.129 bits per heavy atom. The average Bonchev–Trinajstić information content (AvgIpc) is 1.53. The van der Waals surface area contributed by atoms with E-state index in [0.29, 0.717) is 33.4 Å². The van der Waals surface area contributed by atoms with Crippen molar-refractivity contribution in [2.45, 2.75) is 0 Å². The molecule has 0 amide bonds. The minimum Gasteiger partial charge on any atom is -0.309 e. The van der Waals surface area contributed by atoms with Crippen LogP contribution in [0.5, 0.6) is 0 Å². The van der Waals surface area contributed by atoms with Crippen LogP contribution in [0.1, 0.15) is 33.4 Å². The Hall–Kier alpha value is -21.2. The Balaban J connectivity index is 0.000000107. The Morgan fingerprint density at radius 3 is 0.660 bits per heavy atom. The molecule has 0 N–H and O–H groups in total. The Labute approximate surface area is 839 Å². The van der Waals surface area contributed by atoms with Crippen LogP contribution in [0, 0.1) is 68.0 Å². The fourth-order valence-corrected chi connectivity index (χ4v) is 23.7. The van der Waals surface area contributed by atoms with E-state index in [9.17, 15) is 31.6 Å². The van der Waals surface area contributed by atoms with Gasteiger partial charge in [-0.15, -0.1) is 0 Å². The van der Waals surface area contributed by atoms with Gasteiger partial charge in [0.05, 0.1) is 169 Å². The summed E-state index contributed by atoms with van der Waals surface area (Å²) >= 11 is 0. The Morgan fingerprint density at radius 2 is 0.354 bits per heavy atom. The van der Waals surface area contributed by atoms with Crippen LogP contribution in [0.15, 0.2) is 455 Å². The fraction of sp³-hybridized carbons (Fsp3) is 0. The van der Waals surface area contributed by atoms with E-state index in [-0.39, 0.29) is 0 Å². The van der Waals surface area contributed by atoms with E-state index in [4.69, 9.17) is 0 Å². The predicted molar refractivity (Wildman–Crippen MR) is 597 cm³/mol. The maximum absolute atomic E-state index is 10.5. The van der Waals surface area contributed by atoms with E-state index >= 15 is 0 Å². The normalized spacial score (nSPS) is 11.6. The summed E-state index contributed by atoms with van der Waals surface area (Å²) in [6, 6.07) is 171. The summed E-state index contributed by atoms with van der Waals surface area (Å²) < 4.78 is 20.9. The first-order chi connectivity index (χ1) is 72.8. The van der Waals surface area contributed by atoms with Gasteiger partial charge in [-0.25, -0.2) is 0 Å². The Kier molecular flexibility index (Phi) is 19.0. The molecule has 21 aromatic carbocycles. The van der Waals surface area contributed by atoms with E-state index in [1.54, 1.807) is 0 Å². The van der Waals surface area contributed by atoms with Gasteiger partial charge in [0, 0.05) is 142 Å². The number of fused-ring (bicyclic) bond motifs is 33. The van der Waals surface area contributed by atoms with Crippen molar-refractivity contribution >= 4 is 196 Å². The fourth-order valence-electron chi connectivity index (χ4n) is 23.7. The van der Waals surface area contributed by atoms with E-state index in [0.717, 1.165) is 221 Å². The highest BCUT2D eigenvalue weighted by Gasteiger charge is 2.32. The zero-order chi connectivity index (χ0) is 97.9. The van der Waals surface area contributed by atoms with E-state index in [2.05, 4.69) is 405 Å². The summed E-state index contributed by atoms with van der Waals surface area (Å²) in [5.74, 6) is 0. The van der Waals surface area contributed by atoms with Crippen LogP contribution in [0.2, 0.25) is 0 Å². The van der Waals surface area contributed by atoms with Crippen LogP contribution < -0.4 is 0 Å². The molecule has 0 aliphatic carbocycles. The first-order valence-electron chi connectivity index (χ1n) is 48.7. The summed E-state index contributed by atoms with van der Waals surface area (Å²) in [6.45, 7) is 0. The topological polar surface area (TPSA) is 187 Å². The number of nitrogens with zero attached hydrogens (tertiary/aromatic N) is 15. The van der Waals surface area contributed by atoms with Gasteiger partial charge in [0.25, 0.3) is 0 Å². The van der Waals surface area contributed by atoms with Gasteiger partial charge < -0.3 is 41.1 Å². The molecule has 9 aromatic heterocycles. The molecule has 0 aliphatic heterocycles. The van der Waals surface area contributed by atoms with Crippen LogP contribution in [0.4, 0.5) is 0 Å². The SMILES string of the molecule is N#Cc1ccc(-n2c3cc(C#N)ccc3c3c2ccc2c4ccc5c(c6ccccc6n5-c5ccccc5)c4n(-c4ccccc4)c23)cc1.N#Cc1ccc2c3c(ccc4c5ccc6c(c7ccccc7n6-c6ccccc6)c5n(-c5ccccc5C#N)c43)n(-c3ccccc3)c2c1.N#Cc1cccc(-n2c3ccccc3c3c2ccc2c4ccc5c(c6ccccc6n5-c5cccc(C#N)c5)c4n(-c4ccccc4)c23)c1. The van der Waals surface area contributed by atoms with Gasteiger partial charge in [0.15, 0.2) is 0 Å². The number of benzene rings is 21. The third-order valence-electron chi connectivity index (χ3n) is 29.6. The van der Waals surface area contributed by atoms with Gasteiger partial charge in [-0.05, 0) is 218 Å². The molecule has 30 rings (SSSR count). The highest BCUT2D eigenvalue weighted by molar-refractivity contribution is 6.36. The van der Waals surface area contributed by atoms with Crippen molar-refractivity contribution in [3.63, 3.8) is 0 Å². The number of para-hydroxylation sites is 10. The standard InChI is InChI=1S/3C44H25N5/c45-26-28-19-20-35-40(25-28)48(31-14-5-2-6-15-31)39-24-22-33-32-21-23-38-41(34-16-8-10-18-37(34)47(38)30-12-3-1-4-13-30)43(32)49(44(33)42(35)39)36-17-9-7-11-29(36)27-46;45-26-28-15-18-32(19-16-28)48-39-24-22-34-33-21-23-38-41(35-13-7-8-14-37(35)47(38)30-9-3-1-4-10-30)43(33)49(31-11-5-2-6-12-31)44(34)42(39)36-20-17-29(27-46)25-40(36)48;45-26-28-10-8-14-31(24-28)47-37-18-6-4-16-35(37)41-39(47)22-20-33-34-21-23-40-42(44(34)49(43(33)41)30-12-2-1-3-13-30)36-17-5-7-19-38(36)48(40)32-15-9-11-29(25-32)27-46/h3*1-25H. The number of nitriles is 6. The van der Waals surface area contributed by atoms with Gasteiger partial charge in [0.1, 0.15) is 6.07 Å². The van der Waals surface area contributed by atoms with Crippen molar-refractivity contribution in [3.05, 3.63) is 488 Å². The zero-order valence-electron chi connectivity index (χ0n) is 78.5. The molecule has 9 heterocycles. The number of hydrogen-bond acceptors (Lipinski definition) is 6. The van der Waals surface area contributed by atoms with Crippen LogP contribution in [-0.4, -0.2) is 41.1 Å². The molecule has 0 aliphatic rings. The summed E-state index contributed by atoms with van der Waals surface area (Å²) in [5.41, 5.74) is 32.2. The van der Waals surface area contributed by atoms with Crippen molar-refractivity contribution in [2.75, 3.05) is 0 Å². The van der Waals surface area contributed by atoms with E-state index in [1.807, 2.05) is 127 Å². The number of aromatic nitrogens is 9. The van der Waals surface area contributed by atoms with Crippen molar-refractivity contribution in [1.82, 2.24) is 41.1 Å². The number of rotatable bonds is 9. The smallest absolute Gasteiger partial charge is 0.101 e. The molecule has 0 atom stereocenters. The second kappa shape index (κ2) is 33.2. The van der Waals surface area contributed by atoms with Gasteiger partial charge in [-0.3, -0.25) is 0 Å². The maximum atomic E-state index is 10.5. The molecule has 0 saturated carbocycles. The van der Waals surface area contributed by atoms with Crippen molar-refractivity contribution in [2.24, 2.45) is 0 Å². The average molecular weight is 1870 g/mol. The second-order valence-electron chi connectivity index (χ2n) is 37.2. The summed E-state index contributed by atoms with van der Waals surface area (Å²) in [6.07, 6.45) is 0. The molecule has 0 saturated heterocycles. The molecule has 678 valence electrons. The van der Waals surface area contributed by atoms with E-state index in [1.165, 1.54) is 26.9 Å². The molecule has 0 radical (unpaired) electrons. The quantitative estimate of drug-likeness (QED) is 0.138. The lowest BCUT2D eigenvalue weighted by atomic mass is 10.1. The first kappa shape index (κ1) is 83.9. The summed E-state index contributed by atoms with van der Waals surface area (Å²) in [5, 5.41) is 79.9. The number of hydrogen-bond donors (Lipinski definition) is 0. The summed E-state index contributed by atoms with van der Waals surface area (Å²) in [4.78, 5) is 0. The van der Waals surface area contributed by atoms with Gasteiger partial charge in [-0.2, -0.15) is 31.6 Å². The molecule has 30 aromatic rings. The minimum atomic E-state index is 0.598. The van der Waals surface area contributed by atoms with Crippen molar-refractivity contribution in [1.29, 1.82) is 31.6 Å². The summed E-state index contributed by atoms with van der Waals surface area (Å²) in [7, 11) is 0. The van der Waals surface area contributed by atoms with Gasteiger partial charge in [-0.1, -0.05) is 237 Å². The van der Waals surface area contributed by atoms with Crippen LogP contribution in [0.25, 0.3) is 247 Å². The largest absolute Gasteiger partial charge is 0.309 e. The molecule has 0 unspecified atom stereocenters. The molecule has 0 bridgehead atoms. The van der Waals surface area contributed by atoms with Crippen LogP contribution in [-0.2, 0) is 0 Å². The first-order valence-corrected chi connectivity index (χ1v) is 48.7. The molecule has 147 heavy (non-hydrogen) atoms. The van der Waals surface area contributed by atoms with E-state index < -0.39 is 0 Å². The molecular formula is C132H75N15. The Bertz CT molecular complexity index is 11000. The maximum Gasteiger partial charge on any atom is 0.101 e. The molecule has 0 fully saturated rings.